The fraction of sp³-hybridized carbons (Fsp3) is 0.100. The molecule has 78 valence electrons. The maximum absolute atomic E-state index is 10.7. The molecule has 2 aromatic rings. The monoisotopic (exact) mass is 269 g/mol. The van der Waals surface area contributed by atoms with Crippen LogP contribution in [0.2, 0.25) is 0 Å². The summed E-state index contributed by atoms with van der Waals surface area (Å²) in [5.41, 5.74) is 5.63. The molecule has 1 heterocycles. The molecule has 0 unspecified atom stereocenters. The van der Waals surface area contributed by atoms with Gasteiger partial charge in [-0.1, -0.05) is 15.9 Å². The zero-order chi connectivity index (χ0) is 11.0. The lowest BCUT2D eigenvalue weighted by Gasteiger charge is -1.98. The lowest BCUT2D eigenvalue weighted by Crippen LogP contribution is -2.16. The summed E-state index contributed by atoms with van der Waals surface area (Å²) in [6, 6.07) is 5.45. The molecule has 0 radical (unpaired) electrons. The number of hydrogen-bond donors (Lipinski definition) is 1. The maximum Gasteiger partial charge on any atom is 0.410 e. The summed E-state index contributed by atoms with van der Waals surface area (Å²) in [5, 5.41) is 0.723. The SMILES string of the molecule is Cc1oc2ccc(Br)cc2c1OC(N)=O. The number of rotatable bonds is 1. The largest absolute Gasteiger partial charge is 0.457 e. The van der Waals surface area contributed by atoms with Gasteiger partial charge in [-0.2, -0.15) is 0 Å². The number of ether oxygens (including phenoxy) is 1. The third kappa shape index (κ3) is 1.83. The quantitative estimate of drug-likeness (QED) is 0.866. The molecule has 2 N–H and O–H groups in total. The predicted octanol–water partition coefficient (Wildman–Crippen LogP) is 2.96. The standard InChI is InChI=1S/C10H8BrNO3/c1-5-9(15-10(12)13)7-4-6(11)2-3-8(7)14-5/h2-4H,1H3,(H2,12,13). The van der Waals surface area contributed by atoms with Crippen molar-refractivity contribution in [1.29, 1.82) is 0 Å². The minimum atomic E-state index is -0.847. The van der Waals surface area contributed by atoms with Gasteiger partial charge >= 0.3 is 6.09 Å². The molecular formula is C10H8BrNO3. The summed E-state index contributed by atoms with van der Waals surface area (Å²) >= 11 is 3.33. The lowest BCUT2D eigenvalue weighted by atomic mass is 10.2. The Morgan fingerprint density at radius 3 is 2.93 bits per heavy atom. The van der Waals surface area contributed by atoms with Crippen LogP contribution in [-0.4, -0.2) is 6.09 Å². The van der Waals surface area contributed by atoms with Crippen LogP contribution in [0.1, 0.15) is 5.76 Å². The van der Waals surface area contributed by atoms with Crippen LogP contribution < -0.4 is 10.5 Å². The van der Waals surface area contributed by atoms with Crippen molar-refractivity contribution in [2.45, 2.75) is 6.92 Å². The third-order valence-corrected chi connectivity index (χ3v) is 2.46. The van der Waals surface area contributed by atoms with E-state index in [1.54, 1.807) is 13.0 Å². The predicted molar refractivity (Wildman–Crippen MR) is 58.9 cm³/mol. The molecule has 0 atom stereocenters. The number of hydrogen-bond acceptors (Lipinski definition) is 3. The van der Waals surface area contributed by atoms with Crippen molar-refractivity contribution >= 4 is 33.0 Å². The van der Waals surface area contributed by atoms with Crippen LogP contribution in [0.25, 0.3) is 11.0 Å². The molecule has 0 saturated carbocycles. The molecule has 1 aromatic heterocycles. The summed E-state index contributed by atoms with van der Waals surface area (Å²) in [5.74, 6) is 0.903. The molecule has 0 aliphatic heterocycles. The second kappa shape index (κ2) is 3.58. The fourth-order valence-corrected chi connectivity index (χ4v) is 1.76. The van der Waals surface area contributed by atoms with Crippen LogP contribution in [0.15, 0.2) is 27.1 Å². The van der Waals surface area contributed by atoms with Crippen molar-refractivity contribution in [2.24, 2.45) is 5.73 Å². The zero-order valence-corrected chi connectivity index (χ0v) is 9.50. The highest BCUT2D eigenvalue weighted by molar-refractivity contribution is 9.10. The highest BCUT2D eigenvalue weighted by Gasteiger charge is 2.14. The molecule has 2 rings (SSSR count). The number of halogens is 1. The number of aryl methyl sites for hydroxylation is 1. The van der Waals surface area contributed by atoms with E-state index in [0.717, 1.165) is 9.86 Å². The molecule has 4 nitrogen and oxygen atoms in total. The first-order valence-corrected chi connectivity index (χ1v) is 5.03. The van der Waals surface area contributed by atoms with Gasteiger partial charge < -0.3 is 14.9 Å². The van der Waals surface area contributed by atoms with Gasteiger partial charge in [0.15, 0.2) is 5.75 Å². The molecule has 0 bridgehead atoms. The minimum Gasteiger partial charge on any atom is -0.457 e. The number of benzene rings is 1. The Morgan fingerprint density at radius 1 is 1.53 bits per heavy atom. The van der Waals surface area contributed by atoms with Gasteiger partial charge in [-0.3, -0.25) is 0 Å². The first-order valence-electron chi connectivity index (χ1n) is 4.24. The van der Waals surface area contributed by atoms with Gasteiger partial charge in [-0.25, -0.2) is 4.79 Å². The molecule has 0 aliphatic rings. The summed E-state index contributed by atoms with van der Waals surface area (Å²) in [6.45, 7) is 1.71. The first kappa shape index (κ1) is 10.0. The van der Waals surface area contributed by atoms with E-state index in [2.05, 4.69) is 15.9 Å². The number of primary amides is 1. The lowest BCUT2D eigenvalue weighted by molar-refractivity contribution is 0.210. The van der Waals surface area contributed by atoms with E-state index in [9.17, 15) is 4.79 Å². The van der Waals surface area contributed by atoms with Crippen molar-refractivity contribution in [3.05, 3.63) is 28.4 Å². The summed E-state index contributed by atoms with van der Waals surface area (Å²) in [6.07, 6.45) is -0.847. The van der Waals surface area contributed by atoms with Gasteiger partial charge in [0.05, 0.1) is 5.39 Å². The van der Waals surface area contributed by atoms with Crippen molar-refractivity contribution in [1.82, 2.24) is 0 Å². The van der Waals surface area contributed by atoms with E-state index < -0.39 is 6.09 Å². The Labute approximate surface area is 94.1 Å². The second-order valence-electron chi connectivity index (χ2n) is 3.05. The van der Waals surface area contributed by atoms with Crippen LogP contribution >= 0.6 is 15.9 Å². The normalized spacial score (nSPS) is 10.5. The van der Waals surface area contributed by atoms with Crippen molar-refractivity contribution in [3.63, 3.8) is 0 Å². The molecule has 0 spiro atoms. The van der Waals surface area contributed by atoms with E-state index in [1.807, 2.05) is 12.1 Å². The first-order chi connectivity index (χ1) is 7.08. The Balaban J connectivity index is 2.65. The fourth-order valence-electron chi connectivity index (χ4n) is 1.40. The smallest absolute Gasteiger partial charge is 0.410 e. The van der Waals surface area contributed by atoms with E-state index in [1.165, 1.54) is 0 Å². The van der Waals surface area contributed by atoms with Gasteiger partial charge in [-0.05, 0) is 25.1 Å². The van der Waals surface area contributed by atoms with E-state index >= 15 is 0 Å². The average Bonchev–Trinajstić information content (AvgIpc) is 2.43. The summed E-state index contributed by atoms with van der Waals surface area (Å²) in [7, 11) is 0. The van der Waals surface area contributed by atoms with Gasteiger partial charge in [0.1, 0.15) is 11.3 Å². The van der Waals surface area contributed by atoms with E-state index in [-0.39, 0.29) is 0 Å². The molecule has 1 aromatic carbocycles. The van der Waals surface area contributed by atoms with Crippen molar-refractivity contribution in [2.75, 3.05) is 0 Å². The van der Waals surface area contributed by atoms with Crippen LogP contribution in [0, 0.1) is 6.92 Å². The van der Waals surface area contributed by atoms with Crippen LogP contribution in [0.4, 0.5) is 4.79 Å². The molecule has 0 fully saturated rings. The minimum absolute atomic E-state index is 0.374. The zero-order valence-electron chi connectivity index (χ0n) is 7.91. The number of nitrogens with two attached hydrogens (primary N) is 1. The van der Waals surface area contributed by atoms with Gasteiger partial charge in [-0.15, -0.1) is 0 Å². The van der Waals surface area contributed by atoms with Crippen molar-refractivity contribution < 1.29 is 13.9 Å². The highest BCUT2D eigenvalue weighted by atomic mass is 79.9. The highest BCUT2D eigenvalue weighted by Crippen LogP contribution is 2.34. The Bertz CT molecular complexity index is 533. The maximum atomic E-state index is 10.7. The summed E-state index contributed by atoms with van der Waals surface area (Å²) in [4.78, 5) is 10.7. The summed E-state index contributed by atoms with van der Waals surface area (Å²) < 4.78 is 11.2. The van der Waals surface area contributed by atoms with Crippen LogP contribution in [0.5, 0.6) is 5.75 Å². The van der Waals surface area contributed by atoms with Gasteiger partial charge in [0.25, 0.3) is 0 Å². The van der Waals surface area contributed by atoms with E-state index in [4.69, 9.17) is 14.9 Å². The number of carbonyl (C=O) groups excluding carboxylic acids is 1. The molecule has 15 heavy (non-hydrogen) atoms. The van der Waals surface area contributed by atoms with Gasteiger partial charge in [0, 0.05) is 4.47 Å². The Kier molecular flexibility index (Phi) is 2.40. The topological polar surface area (TPSA) is 65.5 Å². The van der Waals surface area contributed by atoms with Crippen molar-refractivity contribution in [3.8, 4) is 5.75 Å². The Morgan fingerprint density at radius 2 is 2.27 bits per heavy atom. The second-order valence-corrected chi connectivity index (χ2v) is 3.96. The molecule has 5 heteroatoms. The van der Waals surface area contributed by atoms with E-state index in [0.29, 0.717) is 17.1 Å². The van der Waals surface area contributed by atoms with Crippen LogP contribution in [-0.2, 0) is 0 Å². The Hall–Kier alpha value is -1.49. The number of amides is 1. The number of furan rings is 1. The number of fused-ring (bicyclic) bond motifs is 1. The molecule has 0 aliphatic carbocycles. The van der Waals surface area contributed by atoms with Gasteiger partial charge in [0.2, 0.25) is 0 Å². The molecule has 0 saturated heterocycles. The average molecular weight is 270 g/mol. The number of carbonyl (C=O) groups is 1. The van der Waals surface area contributed by atoms with Crippen LogP contribution in [0.3, 0.4) is 0 Å². The molecule has 1 amide bonds. The molecular weight excluding hydrogens is 262 g/mol. The third-order valence-electron chi connectivity index (χ3n) is 1.97.